The van der Waals surface area contributed by atoms with Crippen molar-refractivity contribution in [2.24, 2.45) is 0 Å². The van der Waals surface area contributed by atoms with Crippen LogP contribution in [0.5, 0.6) is 5.75 Å². The minimum Gasteiger partial charge on any atom is -0.488 e. The van der Waals surface area contributed by atoms with Crippen LogP contribution < -0.4 is 4.74 Å². The van der Waals surface area contributed by atoms with E-state index in [0.717, 1.165) is 16.7 Å². The molecule has 0 radical (unpaired) electrons. The van der Waals surface area contributed by atoms with E-state index in [1.54, 1.807) is 0 Å². The van der Waals surface area contributed by atoms with Gasteiger partial charge in [-0.05, 0) is 30.2 Å². The quantitative estimate of drug-likeness (QED) is 0.770. The van der Waals surface area contributed by atoms with E-state index in [1.807, 2.05) is 61.5 Å². The molecule has 2 heteroatoms. The summed E-state index contributed by atoms with van der Waals surface area (Å²) in [5.41, 5.74) is 3.31. The number of fused-ring (bicyclic) bond motifs is 1. The molecule has 3 rings (SSSR count). The Kier molecular flexibility index (Phi) is 2.92. The zero-order valence-corrected chi connectivity index (χ0v) is 10.7. The Morgan fingerprint density at radius 1 is 0.947 bits per heavy atom. The zero-order chi connectivity index (χ0) is 13.2. The molecule has 1 aliphatic rings. The Morgan fingerprint density at radius 3 is 2.42 bits per heavy atom. The van der Waals surface area contributed by atoms with Crippen LogP contribution in [0.1, 0.15) is 22.8 Å². The standard InChI is InChI=1S/C17H14O2/c1-12-11-19-15-10-6-5-9-14(15)17(18)16(12)13-7-3-2-4-8-13/h2-10H,11H2,1H3. The number of benzene rings is 2. The van der Waals surface area contributed by atoms with E-state index in [-0.39, 0.29) is 5.78 Å². The number of rotatable bonds is 1. The summed E-state index contributed by atoms with van der Waals surface area (Å²) < 4.78 is 5.70. The number of ether oxygens (including phenoxy) is 1. The second-order valence-corrected chi connectivity index (χ2v) is 4.64. The lowest BCUT2D eigenvalue weighted by atomic mass is 9.93. The first kappa shape index (κ1) is 11.7. The van der Waals surface area contributed by atoms with Crippen molar-refractivity contribution in [1.82, 2.24) is 0 Å². The molecule has 2 nitrogen and oxygen atoms in total. The second-order valence-electron chi connectivity index (χ2n) is 4.64. The summed E-state index contributed by atoms with van der Waals surface area (Å²) in [7, 11) is 0. The predicted molar refractivity (Wildman–Crippen MR) is 75.3 cm³/mol. The van der Waals surface area contributed by atoms with E-state index >= 15 is 0 Å². The summed E-state index contributed by atoms with van der Waals surface area (Å²) in [5.74, 6) is 0.703. The fourth-order valence-corrected chi connectivity index (χ4v) is 2.35. The highest BCUT2D eigenvalue weighted by molar-refractivity contribution is 6.30. The Labute approximate surface area is 112 Å². The number of ketones is 1. The van der Waals surface area contributed by atoms with E-state index < -0.39 is 0 Å². The predicted octanol–water partition coefficient (Wildman–Crippen LogP) is 3.74. The van der Waals surface area contributed by atoms with Gasteiger partial charge in [-0.15, -0.1) is 0 Å². The zero-order valence-electron chi connectivity index (χ0n) is 10.7. The molecule has 0 saturated carbocycles. The lowest BCUT2D eigenvalue weighted by Gasteiger charge is -2.07. The molecule has 0 amide bonds. The van der Waals surface area contributed by atoms with Gasteiger partial charge in [0.05, 0.1) is 5.56 Å². The summed E-state index contributed by atoms with van der Waals surface area (Å²) in [5, 5.41) is 0. The largest absolute Gasteiger partial charge is 0.488 e. The van der Waals surface area contributed by atoms with Crippen LogP contribution in [0.3, 0.4) is 0 Å². The minimum absolute atomic E-state index is 0.0387. The van der Waals surface area contributed by atoms with E-state index in [2.05, 4.69) is 0 Å². The van der Waals surface area contributed by atoms with Gasteiger partial charge in [0.25, 0.3) is 0 Å². The number of Topliss-reactive ketones (excluding diaryl/α,β-unsaturated/α-hetero) is 1. The highest BCUT2D eigenvalue weighted by Crippen LogP contribution is 2.31. The number of allylic oxidation sites excluding steroid dienone is 1. The highest BCUT2D eigenvalue weighted by atomic mass is 16.5. The number of para-hydroxylation sites is 1. The molecular formula is C17H14O2. The fraction of sp³-hybridized carbons (Fsp3) is 0.118. The Bertz CT molecular complexity index is 654. The van der Waals surface area contributed by atoms with E-state index in [4.69, 9.17) is 4.74 Å². The molecule has 0 atom stereocenters. The van der Waals surface area contributed by atoms with Crippen molar-refractivity contribution in [3.8, 4) is 5.75 Å². The Hall–Kier alpha value is -2.35. The first-order chi connectivity index (χ1) is 9.27. The van der Waals surface area contributed by atoms with Crippen LogP contribution in [0.4, 0.5) is 0 Å². The van der Waals surface area contributed by atoms with Crippen molar-refractivity contribution in [3.05, 3.63) is 71.3 Å². The third kappa shape index (κ3) is 2.06. The first-order valence-corrected chi connectivity index (χ1v) is 6.29. The van der Waals surface area contributed by atoms with Gasteiger partial charge in [0.15, 0.2) is 5.78 Å². The van der Waals surface area contributed by atoms with Crippen molar-refractivity contribution in [1.29, 1.82) is 0 Å². The molecular weight excluding hydrogens is 236 g/mol. The lowest BCUT2D eigenvalue weighted by Crippen LogP contribution is -2.03. The van der Waals surface area contributed by atoms with Crippen molar-refractivity contribution in [2.75, 3.05) is 6.61 Å². The van der Waals surface area contributed by atoms with Gasteiger partial charge in [0.2, 0.25) is 0 Å². The number of carbonyl (C=O) groups is 1. The van der Waals surface area contributed by atoms with Crippen LogP contribution in [0.25, 0.3) is 5.57 Å². The molecule has 0 saturated heterocycles. The van der Waals surface area contributed by atoms with Crippen LogP contribution in [-0.2, 0) is 0 Å². The van der Waals surface area contributed by atoms with Gasteiger partial charge in [-0.25, -0.2) is 0 Å². The van der Waals surface area contributed by atoms with E-state index in [9.17, 15) is 4.79 Å². The topological polar surface area (TPSA) is 26.3 Å². The molecule has 2 aromatic rings. The van der Waals surface area contributed by atoms with Crippen LogP contribution in [0, 0.1) is 0 Å². The van der Waals surface area contributed by atoms with Crippen molar-refractivity contribution in [2.45, 2.75) is 6.92 Å². The molecule has 0 N–H and O–H groups in total. The Morgan fingerprint density at radius 2 is 1.63 bits per heavy atom. The molecule has 94 valence electrons. The van der Waals surface area contributed by atoms with E-state index in [1.165, 1.54) is 0 Å². The summed E-state index contributed by atoms with van der Waals surface area (Å²) in [6.07, 6.45) is 0. The average Bonchev–Trinajstić information content (AvgIpc) is 2.58. The lowest BCUT2D eigenvalue weighted by molar-refractivity contribution is 0.105. The summed E-state index contributed by atoms with van der Waals surface area (Å²) in [6.45, 7) is 2.40. The molecule has 0 spiro atoms. The number of hydrogen-bond donors (Lipinski definition) is 0. The average molecular weight is 250 g/mol. The van der Waals surface area contributed by atoms with Crippen molar-refractivity contribution in [3.63, 3.8) is 0 Å². The molecule has 0 bridgehead atoms. The SMILES string of the molecule is CC1=C(c2ccccc2)C(=O)c2ccccc2OC1. The normalized spacial score (nSPS) is 14.7. The molecule has 1 aliphatic heterocycles. The molecule has 0 aromatic heterocycles. The molecule has 0 unspecified atom stereocenters. The number of carbonyl (C=O) groups excluding carboxylic acids is 1. The summed E-state index contributed by atoms with van der Waals surface area (Å²) in [4.78, 5) is 12.7. The van der Waals surface area contributed by atoms with Gasteiger partial charge >= 0.3 is 0 Å². The third-order valence-corrected chi connectivity index (χ3v) is 3.29. The maximum Gasteiger partial charge on any atom is 0.197 e. The van der Waals surface area contributed by atoms with Gasteiger partial charge in [0, 0.05) is 5.57 Å². The number of hydrogen-bond acceptors (Lipinski definition) is 2. The van der Waals surface area contributed by atoms with Gasteiger partial charge in [0.1, 0.15) is 12.4 Å². The maximum atomic E-state index is 12.7. The van der Waals surface area contributed by atoms with Gasteiger partial charge in [-0.1, -0.05) is 42.5 Å². The van der Waals surface area contributed by atoms with Gasteiger partial charge < -0.3 is 4.74 Å². The third-order valence-electron chi connectivity index (χ3n) is 3.29. The van der Waals surface area contributed by atoms with Crippen molar-refractivity contribution < 1.29 is 9.53 Å². The highest BCUT2D eigenvalue weighted by Gasteiger charge is 2.23. The van der Waals surface area contributed by atoms with Gasteiger partial charge in [-0.3, -0.25) is 4.79 Å². The Balaban J connectivity index is 2.16. The molecule has 19 heavy (non-hydrogen) atoms. The van der Waals surface area contributed by atoms with Gasteiger partial charge in [-0.2, -0.15) is 0 Å². The van der Waals surface area contributed by atoms with Crippen LogP contribution in [-0.4, -0.2) is 12.4 Å². The van der Waals surface area contributed by atoms with Crippen molar-refractivity contribution >= 4 is 11.4 Å². The summed E-state index contributed by atoms with van der Waals surface area (Å²) >= 11 is 0. The van der Waals surface area contributed by atoms with Crippen LogP contribution >= 0.6 is 0 Å². The molecule has 0 aliphatic carbocycles. The smallest absolute Gasteiger partial charge is 0.197 e. The van der Waals surface area contributed by atoms with E-state index in [0.29, 0.717) is 17.9 Å². The maximum absolute atomic E-state index is 12.7. The minimum atomic E-state index is 0.0387. The second kappa shape index (κ2) is 4.73. The fourth-order valence-electron chi connectivity index (χ4n) is 2.35. The monoisotopic (exact) mass is 250 g/mol. The first-order valence-electron chi connectivity index (χ1n) is 6.29. The van der Waals surface area contributed by atoms with Crippen LogP contribution in [0.2, 0.25) is 0 Å². The molecule has 1 heterocycles. The molecule has 0 fully saturated rings. The summed E-state index contributed by atoms with van der Waals surface area (Å²) in [6, 6.07) is 17.2. The van der Waals surface area contributed by atoms with Crippen LogP contribution in [0.15, 0.2) is 60.2 Å². The molecule has 2 aromatic carbocycles.